The number of rotatable bonds is 5. The molecule has 23 heavy (non-hydrogen) atoms. The second-order valence-electron chi connectivity index (χ2n) is 5.60. The molecule has 1 fully saturated rings. The largest absolute Gasteiger partial charge is 0.497 e. The molecule has 2 N–H and O–H groups in total. The van der Waals surface area contributed by atoms with Gasteiger partial charge in [0.2, 0.25) is 11.8 Å². The maximum Gasteiger partial charge on any atom is 0.325 e. The first-order valence-electron chi connectivity index (χ1n) is 7.28. The Morgan fingerprint density at radius 2 is 1.96 bits per heavy atom. The average Bonchev–Trinajstić information content (AvgIpc) is 2.83. The number of carboxylic acid groups (broad SMARTS) is 1. The highest BCUT2D eigenvalue weighted by atomic mass is 16.5. The predicted octanol–water partition coefficient (Wildman–Crippen LogP) is 0.804. The second-order valence-corrected chi connectivity index (χ2v) is 5.60. The average molecular weight is 320 g/mol. The zero-order chi connectivity index (χ0) is 17.1. The van der Waals surface area contributed by atoms with Crippen LogP contribution in [0.4, 0.5) is 0 Å². The number of carboxylic acids is 1. The zero-order valence-electron chi connectivity index (χ0n) is 13.3. The Kier molecular flexibility index (Phi) is 4.88. The first-order valence-corrected chi connectivity index (χ1v) is 7.28. The number of benzene rings is 1. The standard InChI is InChI=1S/C16H20N2O5/c1-9(16(21)22)17-15(20)12-8-13(19)18(2)14(12)10-4-6-11(23-3)7-5-10/h4-7,9,12,14H,8H2,1-3H3,(H,17,20)(H,21,22)/t9-,12-,14-/m0/s1. The number of ether oxygens (including phenoxy) is 1. The van der Waals surface area contributed by atoms with Crippen molar-refractivity contribution in [3.8, 4) is 5.75 Å². The summed E-state index contributed by atoms with van der Waals surface area (Å²) in [4.78, 5) is 36.8. The summed E-state index contributed by atoms with van der Waals surface area (Å²) >= 11 is 0. The third kappa shape index (κ3) is 3.44. The lowest BCUT2D eigenvalue weighted by Crippen LogP contribution is -2.43. The Hall–Kier alpha value is -2.57. The number of nitrogens with zero attached hydrogens (tertiary/aromatic N) is 1. The smallest absolute Gasteiger partial charge is 0.325 e. The summed E-state index contributed by atoms with van der Waals surface area (Å²) in [6.07, 6.45) is 0.0609. The quantitative estimate of drug-likeness (QED) is 0.837. The van der Waals surface area contributed by atoms with Gasteiger partial charge in [0.15, 0.2) is 0 Å². The molecule has 2 rings (SSSR count). The summed E-state index contributed by atoms with van der Waals surface area (Å²) in [6, 6.07) is 5.72. The lowest BCUT2D eigenvalue weighted by atomic mass is 9.92. The van der Waals surface area contributed by atoms with Crippen molar-refractivity contribution in [3.63, 3.8) is 0 Å². The fourth-order valence-corrected chi connectivity index (χ4v) is 2.74. The SMILES string of the molecule is COc1ccc([C@H]2[C@@H](C(=O)N[C@@H](C)C(=O)O)CC(=O)N2C)cc1. The van der Waals surface area contributed by atoms with Crippen molar-refractivity contribution in [1.82, 2.24) is 10.2 Å². The number of hydrogen-bond acceptors (Lipinski definition) is 4. The molecule has 0 spiro atoms. The number of amides is 2. The second kappa shape index (κ2) is 6.68. The molecule has 2 amide bonds. The minimum atomic E-state index is -1.11. The summed E-state index contributed by atoms with van der Waals surface area (Å²) in [6.45, 7) is 1.39. The highest BCUT2D eigenvalue weighted by Crippen LogP contribution is 2.37. The van der Waals surface area contributed by atoms with Crippen LogP contribution in [0.2, 0.25) is 0 Å². The molecule has 0 saturated carbocycles. The molecule has 3 atom stereocenters. The van der Waals surface area contributed by atoms with E-state index in [2.05, 4.69) is 5.32 Å². The van der Waals surface area contributed by atoms with Crippen LogP contribution in [0.1, 0.15) is 24.9 Å². The normalized spacial score (nSPS) is 21.9. The first kappa shape index (κ1) is 16.8. The molecule has 0 unspecified atom stereocenters. The number of nitrogens with one attached hydrogen (secondary N) is 1. The highest BCUT2D eigenvalue weighted by molar-refractivity contribution is 5.92. The molecule has 1 aromatic rings. The van der Waals surface area contributed by atoms with Crippen LogP contribution >= 0.6 is 0 Å². The third-order valence-corrected chi connectivity index (χ3v) is 4.11. The summed E-state index contributed by atoms with van der Waals surface area (Å²) in [5.74, 6) is -1.63. The molecule has 1 aromatic carbocycles. The number of carbonyl (C=O) groups is 3. The number of aliphatic carboxylic acids is 1. The van der Waals surface area contributed by atoms with Crippen molar-refractivity contribution < 1.29 is 24.2 Å². The first-order chi connectivity index (χ1) is 10.8. The Labute approximate surface area is 134 Å². The minimum absolute atomic E-state index is 0.0609. The van der Waals surface area contributed by atoms with Gasteiger partial charge in [-0.2, -0.15) is 0 Å². The molecule has 7 heteroatoms. The van der Waals surface area contributed by atoms with Gasteiger partial charge in [-0.3, -0.25) is 14.4 Å². The maximum atomic E-state index is 12.4. The van der Waals surface area contributed by atoms with Crippen LogP contribution in [0.5, 0.6) is 5.75 Å². The molecular weight excluding hydrogens is 300 g/mol. The Balaban J connectivity index is 2.24. The number of likely N-dealkylation sites (tertiary alicyclic amines) is 1. The molecule has 124 valence electrons. The van der Waals surface area contributed by atoms with Crippen LogP contribution < -0.4 is 10.1 Å². The lowest BCUT2D eigenvalue weighted by molar-refractivity contribution is -0.142. The summed E-state index contributed by atoms with van der Waals surface area (Å²) in [7, 11) is 3.20. The topological polar surface area (TPSA) is 95.9 Å². The summed E-state index contributed by atoms with van der Waals surface area (Å²) < 4.78 is 5.11. The molecular formula is C16H20N2O5. The van der Waals surface area contributed by atoms with Crippen LogP contribution in [0.3, 0.4) is 0 Å². The van der Waals surface area contributed by atoms with Crippen molar-refractivity contribution in [2.75, 3.05) is 14.2 Å². The summed E-state index contributed by atoms with van der Waals surface area (Å²) in [5, 5.41) is 11.4. The molecule has 1 saturated heterocycles. The van der Waals surface area contributed by atoms with Gasteiger partial charge in [-0.1, -0.05) is 12.1 Å². The van der Waals surface area contributed by atoms with E-state index in [1.54, 1.807) is 38.4 Å². The van der Waals surface area contributed by atoms with Crippen LogP contribution in [-0.2, 0) is 14.4 Å². The van der Waals surface area contributed by atoms with Crippen molar-refractivity contribution in [2.24, 2.45) is 5.92 Å². The lowest BCUT2D eigenvalue weighted by Gasteiger charge is -2.25. The molecule has 7 nitrogen and oxygen atoms in total. The fourth-order valence-electron chi connectivity index (χ4n) is 2.74. The number of methoxy groups -OCH3 is 1. The zero-order valence-corrected chi connectivity index (χ0v) is 13.3. The molecule has 1 heterocycles. The monoisotopic (exact) mass is 320 g/mol. The molecule has 0 bridgehead atoms. The Morgan fingerprint density at radius 1 is 1.35 bits per heavy atom. The van der Waals surface area contributed by atoms with Gasteiger partial charge in [0.05, 0.1) is 19.1 Å². The predicted molar refractivity (Wildman–Crippen MR) is 81.9 cm³/mol. The fraction of sp³-hybridized carbons (Fsp3) is 0.438. The van der Waals surface area contributed by atoms with E-state index in [1.807, 2.05) is 0 Å². The van der Waals surface area contributed by atoms with Crippen LogP contribution in [0.15, 0.2) is 24.3 Å². The molecule has 0 aromatic heterocycles. The maximum absolute atomic E-state index is 12.4. The van der Waals surface area contributed by atoms with Gasteiger partial charge in [-0.15, -0.1) is 0 Å². The van der Waals surface area contributed by atoms with E-state index < -0.39 is 29.9 Å². The summed E-state index contributed by atoms with van der Waals surface area (Å²) in [5.41, 5.74) is 0.808. The Morgan fingerprint density at radius 3 is 2.48 bits per heavy atom. The van der Waals surface area contributed by atoms with E-state index in [0.717, 1.165) is 5.56 Å². The molecule has 1 aliphatic heterocycles. The van der Waals surface area contributed by atoms with Gasteiger partial charge < -0.3 is 20.1 Å². The minimum Gasteiger partial charge on any atom is -0.497 e. The van der Waals surface area contributed by atoms with Crippen LogP contribution in [0.25, 0.3) is 0 Å². The van der Waals surface area contributed by atoms with Crippen molar-refractivity contribution in [1.29, 1.82) is 0 Å². The van der Waals surface area contributed by atoms with Crippen molar-refractivity contribution in [2.45, 2.75) is 25.4 Å². The van der Waals surface area contributed by atoms with Gasteiger partial charge in [-0.05, 0) is 24.6 Å². The molecule has 1 aliphatic rings. The van der Waals surface area contributed by atoms with E-state index in [-0.39, 0.29) is 12.3 Å². The van der Waals surface area contributed by atoms with Crippen molar-refractivity contribution >= 4 is 17.8 Å². The van der Waals surface area contributed by atoms with E-state index in [9.17, 15) is 14.4 Å². The van der Waals surface area contributed by atoms with Crippen molar-refractivity contribution in [3.05, 3.63) is 29.8 Å². The highest BCUT2D eigenvalue weighted by Gasteiger charge is 2.43. The molecule has 0 radical (unpaired) electrons. The number of carbonyl (C=O) groups excluding carboxylic acids is 2. The van der Waals surface area contributed by atoms with E-state index in [1.165, 1.54) is 11.8 Å². The third-order valence-electron chi connectivity index (χ3n) is 4.11. The van der Waals surface area contributed by atoms with Gasteiger partial charge >= 0.3 is 5.97 Å². The van der Waals surface area contributed by atoms with E-state index in [4.69, 9.17) is 9.84 Å². The van der Waals surface area contributed by atoms with Crippen LogP contribution in [0, 0.1) is 5.92 Å². The van der Waals surface area contributed by atoms with E-state index >= 15 is 0 Å². The number of hydrogen-bond donors (Lipinski definition) is 2. The van der Waals surface area contributed by atoms with Gasteiger partial charge in [0, 0.05) is 13.5 Å². The van der Waals surface area contributed by atoms with Gasteiger partial charge in [0.25, 0.3) is 0 Å². The van der Waals surface area contributed by atoms with Gasteiger partial charge in [-0.25, -0.2) is 0 Å². The van der Waals surface area contributed by atoms with E-state index in [0.29, 0.717) is 5.75 Å². The van der Waals surface area contributed by atoms with Crippen LogP contribution in [-0.4, -0.2) is 48.0 Å². The molecule has 0 aliphatic carbocycles. The van der Waals surface area contributed by atoms with Gasteiger partial charge in [0.1, 0.15) is 11.8 Å². The Bertz CT molecular complexity index is 613.